The lowest BCUT2D eigenvalue weighted by Gasteiger charge is -2.26. The topological polar surface area (TPSA) is 93.7 Å². The molecule has 2 rings (SSSR count). The molecule has 1 heterocycles. The molecule has 0 radical (unpaired) electrons. The Labute approximate surface area is 154 Å². The van der Waals surface area contributed by atoms with Crippen LogP contribution < -0.4 is 10.6 Å². The molecule has 1 aliphatic heterocycles. The lowest BCUT2D eigenvalue weighted by molar-refractivity contribution is -0.139. The van der Waals surface area contributed by atoms with Crippen molar-refractivity contribution >= 4 is 41.2 Å². The number of amides is 2. The third-order valence-electron chi connectivity index (χ3n) is 3.36. The second-order valence-electron chi connectivity index (χ2n) is 5.13. The van der Waals surface area contributed by atoms with Crippen molar-refractivity contribution in [3.63, 3.8) is 0 Å². The molecule has 0 aromatic heterocycles. The van der Waals surface area contributed by atoms with Crippen molar-refractivity contribution < 1.29 is 23.9 Å². The smallest absolute Gasteiger partial charge is 0.340 e. The van der Waals surface area contributed by atoms with E-state index in [4.69, 9.17) is 32.7 Å². The van der Waals surface area contributed by atoms with E-state index in [-0.39, 0.29) is 35.1 Å². The first-order valence-corrected chi connectivity index (χ1v) is 8.19. The van der Waals surface area contributed by atoms with Crippen LogP contribution in [0.15, 0.2) is 29.5 Å². The fourth-order valence-electron chi connectivity index (χ4n) is 2.26. The zero-order chi connectivity index (χ0) is 18.6. The third kappa shape index (κ3) is 4.64. The first kappa shape index (κ1) is 19.1. The van der Waals surface area contributed by atoms with Crippen LogP contribution in [0.25, 0.3) is 0 Å². The molecular formula is C16H16Cl2N2O5. The minimum atomic E-state index is -0.733. The summed E-state index contributed by atoms with van der Waals surface area (Å²) < 4.78 is 10.1. The molecule has 2 amide bonds. The molecule has 1 atom stereocenters. The van der Waals surface area contributed by atoms with Gasteiger partial charge in [-0.05, 0) is 32.0 Å². The standard InChI is InChI=1S/C16H16Cl2N2O5/c1-3-24-15(22)13-8(2)19-16(23)20-12(13)7-25-14(21)10-6-9(17)4-5-11(10)18/h4-6,8H,3,7H2,1-2H3,(H2,19,20,23)/t8-/m1/s1. The Hall–Kier alpha value is -2.25. The van der Waals surface area contributed by atoms with Gasteiger partial charge in [-0.3, -0.25) is 0 Å². The Morgan fingerprint density at radius 3 is 2.60 bits per heavy atom. The normalized spacial score (nSPS) is 16.8. The number of carbonyl (C=O) groups excluding carboxylic acids is 3. The SMILES string of the molecule is CCOC(=O)C1=C(COC(=O)c2cc(Cl)ccc2Cl)NC(=O)N[C@@H]1C. The minimum Gasteiger partial charge on any atom is -0.463 e. The summed E-state index contributed by atoms with van der Waals surface area (Å²) in [5.74, 6) is -1.34. The zero-order valence-corrected chi connectivity index (χ0v) is 15.0. The number of urea groups is 1. The Morgan fingerprint density at radius 1 is 1.20 bits per heavy atom. The highest BCUT2D eigenvalue weighted by atomic mass is 35.5. The number of carbonyl (C=O) groups is 3. The molecule has 0 saturated heterocycles. The van der Waals surface area contributed by atoms with E-state index in [0.717, 1.165) is 0 Å². The van der Waals surface area contributed by atoms with Crippen molar-refractivity contribution in [3.05, 3.63) is 45.1 Å². The number of rotatable bonds is 5. The van der Waals surface area contributed by atoms with Gasteiger partial charge in [-0.1, -0.05) is 23.2 Å². The third-order valence-corrected chi connectivity index (χ3v) is 3.93. The summed E-state index contributed by atoms with van der Waals surface area (Å²) in [4.78, 5) is 35.9. The summed E-state index contributed by atoms with van der Waals surface area (Å²) >= 11 is 11.8. The molecule has 2 N–H and O–H groups in total. The Balaban J connectivity index is 2.21. The quantitative estimate of drug-likeness (QED) is 0.758. The lowest BCUT2D eigenvalue weighted by Crippen LogP contribution is -2.50. The molecule has 9 heteroatoms. The molecule has 1 aromatic rings. The molecule has 1 aromatic carbocycles. The molecule has 1 aliphatic rings. The van der Waals surface area contributed by atoms with Crippen molar-refractivity contribution in [3.8, 4) is 0 Å². The molecule has 134 valence electrons. The average molecular weight is 387 g/mol. The van der Waals surface area contributed by atoms with E-state index in [0.29, 0.717) is 5.02 Å². The highest BCUT2D eigenvalue weighted by Crippen LogP contribution is 2.22. The van der Waals surface area contributed by atoms with Crippen LogP contribution in [0.1, 0.15) is 24.2 Å². The van der Waals surface area contributed by atoms with E-state index in [9.17, 15) is 14.4 Å². The molecule has 7 nitrogen and oxygen atoms in total. The second kappa shape index (κ2) is 8.22. The van der Waals surface area contributed by atoms with Gasteiger partial charge in [0.2, 0.25) is 0 Å². The van der Waals surface area contributed by atoms with E-state index in [1.807, 2.05) is 0 Å². The van der Waals surface area contributed by atoms with Gasteiger partial charge in [-0.15, -0.1) is 0 Å². The van der Waals surface area contributed by atoms with E-state index in [1.165, 1.54) is 18.2 Å². The van der Waals surface area contributed by atoms with Crippen molar-refractivity contribution in [2.24, 2.45) is 0 Å². The van der Waals surface area contributed by atoms with Crippen LogP contribution in [0.3, 0.4) is 0 Å². The number of halogens is 2. The van der Waals surface area contributed by atoms with Gasteiger partial charge in [-0.2, -0.15) is 0 Å². The average Bonchev–Trinajstić information content (AvgIpc) is 2.54. The van der Waals surface area contributed by atoms with Gasteiger partial charge in [0, 0.05) is 5.02 Å². The number of hydrogen-bond donors (Lipinski definition) is 2. The van der Waals surface area contributed by atoms with Gasteiger partial charge in [0.1, 0.15) is 6.61 Å². The van der Waals surface area contributed by atoms with Crippen molar-refractivity contribution in [1.82, 2.24) is 10.6 Å². The van der Waals surface area contributed by atoms with Crippen LogP contribution in [-0.4, -0.2) is 37.2 Å². The van der Waals surface area contributed by atoms with Gasteiger partial charge >= 0.3 is 18.0 Å². The maximum Gasteiger partial charge on any atom is 0.340 e. The van der Waals surface area contributed by atoms with E-state index < -0.39 is 24.0 Å². The maximum absolute atomic E-state index is 12.2. The predicted octanol–water partition coefficient (Wildman–Crippen LogP) is 2.67. The minimum absolute atomic E-state index is 0.0840. The number of hydrogen-bond acceptors (Lipinski definition) is 5. The Kier molecular flexibility index (Phi) is 6.27. The van der Waals surface area contributed by atoms with Crippen molar-refractivity contribution in [2.75, 3.05) is 13.2 Å². The number of benzene rings is 1. The monoisotopic (exact) mass is 386 g/mol. The van der Waals surface area contributed by atoms with Crippen molar-refractivity contribution in [2.45, 2.75) is 19.9 Å². The van der Waals surface area contributed by atoms with Crippen LogP contribution >= 0.6 is 23.2 Å². The predicted molar refractivity (Wildman–Crippen MR) is 91.5 cm³/mol. The molecule has 0 fully saturated rings. The first-order chi connectivity index (χ1) is 11.8. The summed E-state index contributed by atoms with van der Waals surface area (Å²) in [7, 11) is 0. The van der Waals surface area contributed by atoms with Crippen LogP contribution in [-0.2, 0) is 14.3 Å². The zero-order valence-electron chi connectivity index (χ0n) is 13.5. The Morgan fingerprint density at radius 2 is 1.92 bits per heavy atom. The van der Waals surface area contributed by atoms with Gasteiger partial charge in [0.15, 0.2) is 0 Å². The number of nitrogens with one attached hydrogen (secondary N) is 2. The molecular weight excluding hydrogens is 371 g/mol. The largest absolute Gasteiger partial charge is 0.463 e. The van der Waals surface area contributed by atoms with Gasteiger partial charge in [-0.25, -0.2) is 14.4 Å². The van der Waals surface area contributed by atoms with E-state index in [2.05, 4.69) is 10.6 Å². The van der Waals surface area contributed by atoms with Crippen LogP contribution in [0.5, 0.6) is 0 Å². The molecule has 0 unspecified atom stereocenters. The van der Waals surface area contributed by atoms with Gasteiger partial charge in [0.05, 0.1) is 34.5 Å². The summed E-state index contributed by atoms with van der Waals surface area (Å²) in [6, 6.07) is 3.29. The molecule has 0 saturated carbocycles. The van der Waals surface area contributed by atoms with Gasteiger partial charge in [0.25, 0.3) is 0 Å². The molecule has 0 bridgehead atoms. The van der Waals surface area contributed by atoms with Gasteiger partial charge < -0.3 is 20.1 Å². The summed E-state index contributed by atoms with van der Waals surface area (Å²) in [6.45, 7) is 3.14. The second-order valence-corrected chi connectivity index (χ2v) is 5.98. The lowest BCUT2D eigenvalue weighted by atomic mass is 10.0. The maximum atomic E-state index is 12.2. The Bertz CT molecular complexity index is 748. The molecule has 0 spiro atoms. The highest BCUT2D eigenvalue weighted by Gasteiger charge is 2.30. The highest BCUT2D eigenvalue weighted by molar-refractivity contribution is 6.35. The molecule has 0 aliphatic carbocycles. The summed E-state index contributed by atoms with van der Waals surface area (Å²) in [5.41, 5.74) is 0.424. The van der Waals surface area contributed by atoms with Crippen LogP contribution in [0.4, 0.5) is 4.79 Å². The fourth-order valence-corrected chi connectivity index (χ4v) is 2.63. The fraction of sp³-hybridized carbons (Fsp3) is 0.312. The number of ether oxygens (including phenoxy) is 2. The van der Waals surface area contributed by atoms with E-state index >= 15 is 0 Å². The van der Waals surface area contributed by atoms with Crippen molar-refractivity contribution in [1.29, 1.82) is 0 Å². The number of esters is 2. The summed E-state index contributed by atoms with van der Waals surface area (Å²) in [6.07, 6.45) is 0. The van der Waals surface area contributed by atoms with E-state index in [1.54, 1.807) is 13.8 Å². The van der Waals surface area contributed by atoms with Crippen LogP contribution in [0.2, 0.25) is 10.0 Å². The molecule has 25 heavy (non-hydrogen) atoms. The first-order valence-electron chi connectivity index (χ1n) is 7.43. The van der Waals surface area contributed by atoms with Crippen LogP contribution in [0, 0.1) is 0 Å². The summed E-state index contributed by atoms with van der Waals surface area (Å²) in [5, 5.41) is 5.51.